The van der Waals surface area contributed by atoms with E-state index in [0.717, 1.165) is 24.4 Å². The number of hydrogen-bond donors (Lipinski definition) is 0. The Bertz CT molecular complexity index is 923. The van der Waals surface area contributed by atoms with Crippen LogP contribution >= 0.6 is 11.8 Å². The number of aryl methyl sites for hydroxylation is 1. The van der Waals surface area contributed by atoms with Gasteiger partial charge in [-0.2, -0.15) is 17.5 Å². The molecule has 0 aliphatic carbocycles. The molecule has 2 aromatic rings. The third-order valence-electron chi connectivity index (χ3n) is 4.83. The lowest BCUT2D eigenvalue weighted by molar-refractivity contribution is -0.137. The third-order valence-corrected chi connectivity index (χ3v) is 7.71. The fourth-order valence-electron chi connectivity index (χ4n) is 3.10. The highest BCUT2D eigenvalue weighted by Gasteiger charge is 2.33. The normalized spacial score (nSPS) is 16.8. The summed E-state index contributed by atoms with van der Waals surface area (Å²) >= 11 is 1.75. The molecule has 2 aromatic carbocycles. The van der Waals surface area contributed by atoms with Crippen LogP contribution in [0.25, 0.3) is 0 Å². The van der Waals surface area contributed by atoms with Crippen molar-refractivity contribution >= 4 is 21.8 Å². The summed E-state index contributed by atoms with van der Waals surface area (Å²) in [5.41, 5.74) is 0.262. The van der Waals surface area contributed by atoms with Crippen molar-refractivity contribution in [3.63, 3.8) is 0 Å². The van der Waals surface area contributed by atoms with E-state index in [9.17, 15) is 21.6 Å². The molecular formula is C20H23F3N2O2S2. The third kappa shape index (κ3) is 5.75. The van der Waals surface area contributed by atoms with Crippen molar-refractivity contribution in [1.29, 1.82) is 0 Å². The van der Waals surface area contributed by atoms with E-state index in [1.54, 1.807) is 11.8 Å². The first-order valence-corrected chi connectivity index (χ1v) is 11.7. The molecule has 0 bridgehead atoms. The minimum absolute atomic E-state index is 0.272. The van der Waals surface area contributed by atoms with Gasteiger partial charge >= 0.3 is 6.18 Å². The molecule has 1 heterocycles. The molecular weight excluding hydrogens is 421 g/mol. The van der Waals surface area contributed by atoms with Crippen LogP contribution in [0.2, 0.25) is 0 Å². The molecule has 0 amide bonds. The van der Waals surface area contributed by atoms with Crippen LogP contribution < -0.4 is 0 Å². The van der Waals surface area contributed by atoms with Gasteiger partial charge in [0.05, 0.1) is 10.5 Å². The predicted molar refractivity (Wildman–Crippen MR) is 109 cm³/mol. The molecule has 3 rings (SSSR count). The highest BCUT2D eigenvalue weighted by molar-refractivity contribution is 7.99. The Morgan fingerprint density at radius 2 is 1.66 bits per heavy atom. The van der Waals surface area contributed by atoms with E-state index in [1.165, 1.54) is 20.8 Å². The average Bonchev–Trinajstić information content (AvgIpc) is 2.69. The summed E-state index contributed by atoms with van der Waals surface area (Å²) in [6.45, 7) is 4.54. The fourth-order valence-corrected chi connectivity index (χ4v) is 5.48. The Hall–Kier alpha value is -1.55. The van der Waals surface area contributed by atoms with Gasteiger partial charge < -0.3 is 0 Å². The molecule has 0 radical (unpaired) electrons. The number of benzene rings is 2. The molecule has 1 aliphatic heterocycles. The zero-order valence-corrected chi connectivity index (χ0v) is 17.7. The Morgan fingerprint density at radius 1 is 1.00 bits per heavy atom. The topological polar surface area (TPSA) is 40.6 Å². The van der Waals surface area contributed by atoms with Gasteiger partial charge in [0.1, 0.15) is 0 Å². The minimum atomic E-state index is -4.57. The number of piperazine rings is 1. The van der Waals surface area contributed by atoms with Gasteiger partial charge in [-0.25, -0.2) is 8.42 Å². The van der Waals surface area contributed by atoms with Gasteiger partial charge in [-0.15, -0.1) is 11.8 Å². The molecule has 0 atom stereocenters. The first kappa shape index (κ1) is 22.1. The van der Waals surface area contributed by atoms with E-state index in [-0.39, 0.29) is 18.0 Å². The van der Waals surface area contributed by atoms with Gasteiger partial charge in [-0.3, -0.25) is 4.90 Å². The summed E-state index contributed by atoms with van der Waals surface area (Å²) in [4.78, 5) is 3.07. The summed E-state index contributed by atoms with van der Waals surface area (Å²) in [5.74, 6) is 0.892. The average molecular weight is 445 g/mol. The molecule has 0 spiro atoms. The molecule has 1 aliphatic rings. The van der Waals surface area contributed by atoms with Crippen molar-refractivity contribution in [3.05, 3.63) is 59.7 Å². The highest BCUT2D eigenvalue weighted by atomic mass is 32.2. The van der Waals surface area contributed by atoms with E-state index in [4.69, 9.17) is 0 Å². The van der Waals surface area contributed by atoms with Crippen LogP contribution in [0.4, 0.5) is 13.2 Å². The number of halogens is 3. The van der Waals surface area contributed by atoms with Gasteiger partial charge in [0.2, 0.25) is 10.0 Å². The van der Waals surface area contributed by atoms with Crippen LogP contribution in [0, 0.1) is 6.92 Å². The second-order valence-corrected chi connectivity index (χ2v) is 10.0. The summed E-state index contributed by atoms with van der Waals surface area (Å²) in [6.07, 6.45) is -4.57. The molecule has 4 nitrogen and oxygen atoms in total. The van der Waals surface area contributed by atoms with Crippen molar-refractivity contribution in [3.8, 4) is 0 Å². The molecule has 1 saturated heterocycles. The maximum atomic E-state index is 12.9. The van der Waals surface area contributed by atoms with Crippen LogP contribution in [-0.4, -0.2) is 56.1 Å². The standard InChI is InChI=1S/C20H23F3N2O2S2/c1-16-5-7-18(8-6-16)28-14-13-24-9-11-25(12-10-24)29(26,27)19-4-2-3-17(15-19)20(21,22)23/h2-8,15H,9-14H2,1H3. The minimum Gasteiger partial charge on any atom is -0.300 e. The van der Waals surface area contributed by atoms with Crippen molar-refractivity contribution < 1.29 is 21.6 Å². The SMILES string of the molecule is Cc1ccc(SCCN2CCN(S(=O)(=O)c3cccc(C(F)(F)F)c3)CC2)cc1. The lowest BCUT2D eigenvalue weighted by atomic mass is 10.2. The predicted octanol–water partition coefficient (Wildman–Crippen LogP) is 4.11. The van der Waals surface area contributed by atoms with Crippen LogP contribution in [0.15, 0.2) is 58.3 Å². The van der Waals surface area contributed by atoms with Crippen molar-refractivity contribution in [1.82, 2.24) is 9.21 Å². The maximum Gasteiger partial charge on any atom is 0.416 e. The first-order valence-electron chi connectivity index (χ1n) is 9.25. The Kier molecular flexibility index (Phi) is 6.93. The number of nitrogens with zero attached hydrogens (tertiary/aromatic N) is 2. The highest BCUT2D eigenvalue weighted by Crippen LogP contribution is 2.31. The lowest BCUT2D eigenvalue weighted by Crippen LogP contribution is -2.49. The van der Waals surface area contributed by atoms with Gasteiger partial charge in [0, 0.05) is 43.4 Å². The number of hydrogen-bond acceptors (Lipinski definition) is 4. The van der Waals surface area contributed by atoms with E-state index in [0.29, 0.717) is 19.2 Å². The summed E-state index contributed by atoms with van der Waals surface area (Å²) in [5, 5.41) is 0. The van der Waals surface area contributed by atoms with Crippen molar-refractivity contribution in [2.75, 3.05) is 38.5 Å². The van der Waals surface area contributed by atoms with E-state index in [1.807, 2.05) is 6.92 Å². The summed E-state index contributed by atoms with van der Waals surface area (Å²) < 4.78 is 65.4. The maximum absolute atomic E-state index is 12.9. The second-order valence-electron chi connectivity index (χ2n) is 6.93. The Balaban J connectivity index is 1.53. The number of sulfonamides is 1. The summed E-state index contributed by atoms with van der Waals surface area (Å²) in [6, 6.07) is 12.2. The molecule has 158 valence electrons. The number of alkyl halides is 3. The van der Waals surface area contributed by atoms with Crippen LogP contribution in [-0.2, 0) is 16.2 Å². The van der Waals surface area contributed by atoms with E-state index >= 15 is 0 Å². The number of rotatable bonds is 6. The van der Waals surface area contributed by atoms with Gasteiger partial charge in [0.25, 0.3) is 0 Å². The van der Waals surface area contributed by atoms with Crippen molar-refractivity contribution in [2.24, 2.45) is 0 Å². The smallest absolute Gasteiger partial charge is 0.300 e. The van der Waals surface area contributed by atoms with Crippen molar-refractivity contribution in [2.45, 2.75) is 22.9 Å². The molecule has 1 fully saturated rings. The largest absolute Gasteiger partial charge is 0.416 e. The number of thioether (sulfide) groups is 1. The molecule has 29 heavy (non-hydrogen) atoms. The first-order chi connectivity index (χ1) is 13.7. The van der Waals surface area contributed by atoms with Gasteiger partial charge in [-0.05, 0) is 37.3 Å². The Morgan fingerprint density at radius 3 is 2.28 bits per heavy atom. The van der Waals surface area contributed by atoms with Gasteiger partial charge in [-0.1, -0.05) is 23.8 Å². The quantitative estimate of drug-likeness (QED) is 0.629. The molecule has 0 aromatic heterocycles. The van der Waals surface area contributed by atoms with E-state index in [2.05, 4.69) is 29.2 Å². The Labute approximate surface area is 173 Å². The van der Waals surface area contributed by atoms with Crippen LogP contribution in [0.3, 0.4) is 0 Å². The molecule has 0 unspecified atom stereocenters. The fraction of sp³-hybridized carbons (Fsp3) is 0.400. The van der Waals surface area contributed by atoms with Gasteiger partial charge in [0.15, 0.2) is 0 Å². The molecule has 9 heteroatoms. The lowest BCUT2D eigenvalue weighted by Gasteiger charge is -2.34. The monoisotopic (exact) mass is 444 g/mol. The molecule has 0 saturated carbocycles. The van der Waals surface area contributed by atoms with E-state index < -0.39 is 21.8 Å². The molecule has 0 N–H and O–H groups in total. The zero-order valence-electron chi connectivity index (χ0n) is 16.0. The van der Waals surface area contributed by atoms with Crippen LogP contribution in [0.5, 0.6) is 0 Å². The van der Waals surface area contributed by atoms with Crippen LogP contribution in [0.1, 0.15) is 11.1 Å². The summed E-state index contributed by atoms with van der Waals surface area (Å²) in [7, 11) is -3.93. The zero-order chi connectivity index (χ0) is 21.1. The second kappa shape index (κ2) is 9.07.